The minimum Gasteiger partial charge on any atom is -0.461 e. The number of fused-ring (bicyclic) bond motifs is 1. The molecule has 0 unspecified atom stereocenters. The summed E-state index contributed by atoms with van der Waals surface area (Å²) in [5, 5.41) is 10.6. The van der Waals surface area contributed by atoms with Crippen LogP contribution < -0.4 is 0 Å². The second-order valence-corrected chi connectivity index (χ2v) is 5.48. The number of carbonyl (C=O) groups is 1. The zero-order chi connectivity index (χ0) is 16.1. The molecule has 5 heteroatoms. The van der Waals surface area contributed by atoms with E-state index in [2.05, 4.69) is 46.6 Å². The fraction of sp³-hybridized carbons (Fsp3) is 0.278. The van der Waals surface area contributed by atoms with Gasteiger partial charge in [-0.25, -0.2) is 0 Å². The Morgan fingerprint density at radius 3 is 2.48 bits per heavy atom. The summed E-state index contributed by atoms with van der Waals surface area (Å²) in [5.74, 6) is -0.190. The van der Waals surface area contributed by atoms with Crippen LogP contribution >= 0.6 is 0 Å². The van der Waals surface area contributed by atoms with Crippen molar-refractivity contribution in [1.82, 2.24) is 15.4 Å². The van der Waals surface area contributed by atoms with Gasteiger partial charge in [-0.2, -0.15) is 15.4 Å². The molecule has 0 aliphatic heterocycles. The molecule has 1 aromatic heterocycles. The fourth-order valence-electron chi connectivity index (χ4n) is 2.40. The van der Waals surface area contributed by atoms with Crippen LogP contribution in [0.3, 0.4) is 0 Å². The Labute approximate surface area is 134 Å². The number of nitrogens with zero attached hydrogens (tertiary/aromatic N) is 2. The average molecular weight is 309 g/mol. The van der Waals surface area contributed by atoms with Gasteiger partial charge in [0, 0.05) is 6.42 Å². The predicted octanol–water partition coefficient (Wildman–Crippen LogP) is 3.20. The van der Waals surface area contributed by atoms with E-state index in [4.69, 9.17) is 4.74 Å². The number of aromatic amines is 1. The number of ether oxygens (including phenoxy) is 1. The number of hydrogen-bond donors (Lipinski definition) is 1. The van der Waals surface area contributed by atoms with E-state index in [1.54, 1.807) is 0 Å². The third kappa shape index (κ3) is 3.94. The molecule has 23 heavy (non-hydrogen) atoms. The quantitative estimate of drug-likeness (QED) is 0.710. The Hall–Kier alpha value is -2.69. The van der Waals surface area contributed by atoms with E-state index in [0.717, 1.165) is 28.6 Å². The molecule has 0 spiro atoms. The highest BCUT2D eigenvalue weighted by molar-refractivity contribution is 5.74. The molecule has 0 atom stereocenters. The van der Waals surface area contributed by atoms with Crippen LogP contribution in [0.15, 0.2) is 42.5 Å². The number of H-pyrrole nitrogens is 1. The van der Waals surface area contributed by atoms with Gasteiger partial charge >= 0.3 is 5.97 Å². The van der Waals surface area contributed by atoms with Gasteiger partial charge in [-0.3, -0.25) is 4.79 Å². The molecule has 0 saturated heterocycles. The first-order valence-corrected chi connectivity index (χ1v) is 7.77. The lowest BCUT2D eigenvalue weighted by Gasteiger charge is -2.06. The third-order valence-corrected chi connectivity index (χ3v) is 3.83. The lowest BCUT2D eigenvalue weighted by molar-refractivity contribution is -0.144. The molecule has 118 valence electrons. The van der Waals surface area contributed by atoms with Crippen molar-refractivity contribution in [2.45, 2.75) is 32.8 Å². The van der Waals surface area contributed by atoms with Crippen LogP contribution in [0.25, 0.3) is 11.0 Å². The van der Waals surface area contributed by atoms with Gasteiger partial charge in [-0.15, -0.1) is 0 Å². The molecule has 0 radical (unpaired) electrons. The Kier molecular flexibility index (Phi) is 4.66. The van der Waals surface area contributed by atoms with Crippen LogP contribution in [-0.4, -0.2) is 21.4 Å². The highest BCUT2D eigenvalue weighted by atomic mass is 16.5. The maximum absolute atomic E-state index is 11.9. The normalized spacial score (nSPS) is 10.8. The fourth-order valence-corrected chi connectivity index (χ4v) is 2.40. The molecule has 2 aromatic carbocycles. The SMILES string of the molecule is CCc1ccc(CCC(=O)OCc2ccc3n[nH]nc3c2)cc1. The van der Waals surface area contributed by atoms with Gasteiger partial charge < -0.3 is 4.74 Å². The molecule has 5 nitrogen and oxygen atoms in total. The summed E-state index contributed by atoms with van der Waals surface area (Å²) in [5.41, 5.74) is 4.94. The maximum Gasteiger partial charge on any atom is 0.306 e. The van der Waals surface area contributed by atoms with Crippen molar-refractivity contribution in [2.24, 2.45) is 0 Å². The molecule has 0 bridgehead atoms. The van der Waals surface area contributed by atoms with Crippen molar-refractivity contribution in [2.75, 3.05) is 0 Å². The zero-order valence-corrected chi connectivity index (χ0v) is 13.1. The molecular formula is C18H19N3O2. The van der Waals surface area contributed by atoms with E-state index in [-0.39, 0.29) is 12.6 Å². The number of nitrogens with one attached hydrogen (secondary N) is 1. The summed E-state index contributed by atoms with van der Waals surface area (Å²) in [6, 6.07) is 14.0. The summed E-state index contributed by atoms with van der Waals surface area (Å²) >= 11 is 0. The zero-order valence-electron chi connectivity index (χ0n) is 13.1. The number of rotatable bonds is 6. The van der Waals surface area contributed by atoms with Crippen LogP contribution in [0, 0.1) is 0 Å². The number of aromatic nitrogens is 3. The second kappa shape index (κ2) is 7.05. The van der Waals surface area contributed by atoms with Gasteiger partial charge in [0.15, 0.2) is 0 Å². The van der Waals surface area contributed by atoms with Gasteiger partial charge in [0.25, 0.3) is 0 Å². The molecule has 0 saturated carbocycles. The molecule has 3 aromatic rings. The smallest absolute Gasteiger partial charge is 0.306 e. The average Bonchev–Trinajstić information content (AvgIpc) is 3.06. The Morgan fingerprint density at radius 2 is 1.70 bits per heavy atom. The van der Waals surface area contributed by atoms with Crippen molar-refractivity contribution in [3.63, 3.8) is 0 Å². The first-order valence-electron chi connectivity index (χ1n) is 7.77. The molecule has 1 N–H and O–H groups in total. The van der Waals surface area contributed by atoms with Gasteiger partial charge in [0.05, 0.1) is 0 Å². The highest BCUT2D eigenvalue weighted by Gasteiger charge is 2.06. The molecule has 0 fully saturated rings. The molecule has 1 heterocycles. The van der Waals surface area contributed by atoms with Gasteiger partial charge in [-0.1, -0.05) is 37.3 Å². The van der Waals surface area contributed by atoms with Crippen molar-refractivity contribution in [1.29, 1.82) is 0 Å². The lowest BCUT2D eigenvalue weighted by atomic mass is 10.1. The van der Waals surface area contributed by atoms with Crippen LogP contribution in [0.5, 0.6) is 0 Å². The van der Waals surface area contributed by atoms with Crippen LogP contribution in [0.2, 0.25) is 0 Å². The summed E-state index contributed by atoms with van der Waals surface area (Å²) in [7, 11) is 0. The minimum atomic E-state index is -0.190. The van der Waals surface area contributed by atoms with Crippen molar-refractivity contribution in [3.05, 3.63) is 59.2 Å². The standard InChI is InChI=1S/C18H19N3O2/c1-2-13-3-5-14(6-4-13)8-10-18(22)23-12-15-7-9-16-17(11-15)20-21-19-16/h3-7,9,11H,2,8,10,12H2,1H3,(H,19,20,21). The van der Waals surface area contributed by atoms with Crippen molar-refractivity contribution < 1.29 is 9.53 Å². The number of esters is 1. The molecule has 3 rings (SSSR count). The van der Waals surface area contributed by atoms with Gasteiger partial charge in [0.1, 0.15) is 17.6 Å². The molecule has 0 aliphatic rings. The molecule has 0 aliphatic carbocycles. The number of aryl methyl sites for hydroxylation is 2. The van der Waals surface area contributed by atoms with Crippen LogP contribution in [0.4, 0.5) is 0 Å². The molecule has 0 amide bonds. The van der Waals surface area contributed by atoms with E-state index in [9.17, 15) is 4.79 Å². The van der Waals surface area contributed by atoms with Gasteiger partial charge in [0.2, 0.25) is 0 Å². The maximum atomic E-state index is 11.9. The number of hydrogen-bond acceptors (Lipinski definition) is 4. The van der Waals surface area contributed by atoms with Gasteiger partial charge in [-0.05, 0) is 41.7 Å². The second-order valence-electron chi connectivity index (χ2n) is 5.48. The Balaban J connectivity index is 1.48. The van der Waals surface area contributed by atoms with Crippen molar-refractivity contribution >= 4 is 17.0 Å². The number of carbonyl (C=O) groups excluding carboxylic acids is 1. The summed E-state index contributed by atoms with van der Waals surface area (Å²) in [6.45, 7) is 2.39. The largest absolute Gasteiger partial charge is 0.461 e. The first-order chi connectivity index (χ1) is 11.2. The summed E-state index contributed by atoms with van der Waals surface area (Å²) < 4.78 is 5.32. The van der Waals surface area contributed by atoms with E-state index >= 15 is 0 Å². The lowest BCUT2D eigenvalue weighted by Crippen LogP contribution is -2.06. The van der Waals surface area contributed by atoms with E-state index in [0.29, 0.717) is 12.8 Å². The minimum absolute atomic E-state index is 0.190. The third-order valence-electron chi connectivity index (χ3n) is 3.83. The van der Waals surface area contributed by atoms with Crippen LogP contribution in [-0.2, 0) is 29.0 Å². The predicted molar refractivity (Wildman–Crippen MR) is 87.8 cm³/mol. The molecular weight excluding hydrogens is 290 g/mol. The van der Waals surface area contributed by atoms with Crippen LogP contribution in [0.1, 0.15) is 30.0 Å². The van der Waals surface area contributed by atoms with E-state index in [1.807, 2.05) is 18.2 Å². The Bertz CT molecular complexity index is 793. The highest BCUT2D eigenvalue weighted by Crippen LogP contribution is 2.12. The number of benzene rings is 2. The first kappa shape index (κ1) is 15.2. The summed E-state index contributed by atoms with van der Waals surface area (Å²) in [4.78, 5) is 11.9. The van der Waals surface area contributed by atoms with E-state index < -0.39 is 0 Å². The summed E-state index contributed by atoms with van der Waals surface area (Å²) in [6.07, 6.45) is 2.11. The van der Waals surface area contributed by atoms with Crippen molar-refractivity contribution in [3.8, 4) is 0 Å². The van der Waals surface area contributed by atoms with E-state index in [1.165, 1.54) is 5.56 Å². The monoisotopic (exact) mass is 309 g/mol. The topological polar surface area (TPSA) is 67.9 Å². The Morgan fingerprint density at radius 1 is 1.00 bits per heavy atom.